The summed E-state index contributed by atoms with van der Waals surface area (Å²) in [7, 11) is 3.79. The van der Waals surface area contributed by atoms with Gasteiger partial charge in [0.25, 0.3) is 5.56 Å². The molecule has 0 aliphatic rings. The van der Waals surface area contributed by atoms with Gasteiger partial charge in [0.1, 0.15) is 10.7 Å². The lowest BCUT2D eigenvalue weighted by Gasteiger charge is -2.15. The van der Waals surface area contributed by atoms with Crippen molar-refractivity contribution < 1.29 is 9.59 Å². The molecule has 29 heavy (non-hydrogen) atoms. The number of carbonyl (C=O) groups is 2. The normalized spacial score (nSPS) is 11.2. The summed E-state index contributed by atoms with van der Waals surface area (Å²) in [5.41, 5.74) is 1.82. The molecule has 0 aliphatic heterocycles. The van der Waals surface area contributed by atoms with Crippen LogP contribution in [-0.2, 0) is 17.9 Å². The highest BCUT2D eigenvalue weighted by atomic mass is 32.1. The molecule has 0 aliphatic carbocycles. The molecule has 2 aromatic heterocycles. The average molecular weight is 413 g/mol. The molecule has 3 aromatic rings. The van der Waals surface area contributed by atoms with Crippen LogP contribution in [0, 0.1) is 13.8 Å². The number of anilines is 1. The number of ketones is 1. The Labute approximate surface area is 173 Å². The number of fused-ring (bicyclic) bond motifs is 1. The van der Waals surface area contributed by atoms with Gasteiger partial charge in [-0.15, -0.1) is 11.3 Å². The number of aromatic nitrogens is 2. The van der Waals surface area contributed by atoms with Crippen LogP contribution in [0.2, 0.25) is 0 Å². The minimum Gasteiger partial charge on any atom is -0.326 e. The van der Waals surface area contributed by atoms with E-state index < -0.39 is 0 Å². The molecule has 3 rings (SSSR count). The van der Waals surface area contributed by atoms with Crippen molar-refractivity contribution in [3.63, 3.8) is 0 Å². The van der Waals surface area contributed by atoms with Gasteiger partial charge in [-0.25, -0.2) is 4.98 Å². The van der Waals surface area contributed by atoms with Crippen LogP contribution in [0.1, 0.15) is 33.5 Å². The van der Waals surface area contributed by atoms with Crippen LogP contribution >= 0.6 is 11.3 Å². The Hall–Kier alpha value is -2.84. The number of aryl methyl sites for hydroxylation is 2. The number of rotatable bonds is 6. The monoisotopic (exact) mass is 412 g/mol. The lowest BCUT2D eigenvalue weighted by atomic mass is 10.1. The third-order valence-electron chi connectivity index (χ3n) is 4.65. The van der Waals surface area contributed by atoms with Crippen molar-refractivity contribution in [2.75, 3.05) is 19.4 Å². The topological polar surface area (TPSA) is 84.3 Å². The summed E-state index contributed by atoms with van der Waals surface area (Å²) in [4.78, 5) is 45.6. The predicted molar refractivity (Wildman–Crippen MR) is 116 cm³/mol. The van der Waals surface area contributed by atoms with Gasteiger partial charge in [0.2, 0.25) is 5.91 Å². The third kappa shape index (κ3) is 4.44. The Kier molecular flexibility index (Phi) is 5.95. The minimum absolute atomic E-state index is 0.0846. The van der Waals surface area contributed by atoms with E-state index in [1.807, 2.05) is 32.8 Å². The van der Waals surface area contributed by atoms with Crippen molar-refractivity contribution in [3.05, 3.63) is 56.4 Å². The van der Waals surface area contributed by atoms with Gasteiger partial charge < -0.3 is 10.2 Å². The summed E-state index contributed by atoms with van der Waals surface area (Å²) in [6.45, 7) is 5.68. The second kappa shape index (κ2) is 8.26. The lowest BCUT2D eigenvalue weighted by molar-refractivity contribution is -0.114. The second-order valence-electron chi connectivity index (χ2n) is 7.30. The predicted octanol–water partition coefficient (Wildman–Crippen LogP) is 2.98. The summed E-state index contributed by atoms with van der Waals surface area (Å²) in [5, 5.41) is 3.26. The number of carbonyl (C=O) groups excluding carboxylic acids is 2. The summed E-state index contributed by atoms with van der Waals surface area (Å²) in [6, 6.07) is 6.64. The first-order chi connectivity index (χ1) is 13.7. The molecule has 0 saturated heterocycles. The van der Waals surface area contributed by atoms with E-state index in [0.29, 0.717) is 33.8 Å². The van der Waals surface area contributed by atoms with Gasteiger partial charge in [-0.3, -0.25) is 19.0 Å². The lowest BCUT2D eigenvalue weighted by Crippen LogP contribution is -2.31. The molecule has 0 saturated carbocycles. The molecule has 152 valence electrons. The molecular weight excluding hydrogens is 388 g/mol. The van der Waals surface area contributed by atoms with Crippen LogP contribution in [0.5, 0.6) is 0 Å². The molecule has 0 radical (unpaired) electrons. The van der Waals surface area contributed by atoms with E-state index in [-0.39, 0.29) is 23.8 Å². The summed E-state index contributed by atoms with van der Waals surface area (Å²) < 4.78 is 1.48. The zero-order valence-corrected chi connectivity index (χ0v) is 18.0. The van der Waals surface area contributed by atoms with E-state index in [1.54, 1.807) is 24.3 Å². The van der Waals surface area contributed by atoms with Crippen molar-refractivity contribution in [1.82, 2.24) is 14.5 Å². The molecule has 0 fully saturated rings. The van der Waals surface area contributed by atoms with Gasteiger partial charge >= 0.3 is 0 Å². The van der Waals surface area contributed by atoms with Crippen LogP contribution in [-0.4, -0.2) is 40.2 Å². The molecular formula is C21H24N4O3S. The van der Waals surface area contributed by atoms with Crippen molar-refractivity contribution in [2.24, 2.45) is 0 Å². The largest absolute Gasteiger partial charge is 0.326 e. The van der Waals surface area contributed by atoms with Crippen LogP contribution < -0.4 is 10.9 Å². The molecule has 1 aromatic carbocycles. The molecule has 0 unspecified atom stereocenters. The molecule has 2 heterocycles. The van der Waals surface area contributed by atoms with E-state index in [9.17, 15) is 14.4 Å². The van der Waals surface area contributed by atoms with E-state index in [1.165, 1.54) is 22.8 Å². The number of amides is 1. The molecule has 1 amide bonds. The van der Waals surface area contributed by atoms with Gasteiger partial charge in [-0.1, -0.05) is 0 Å². The first kappa shape index (κ1) is 20.9. The highest BCUT2D eigenvalue weighted by Gasteiger charge is 2.19. The van der Waals surface area contributed by atoms with E-state index in [4.69, 9.17) is 4.98 Å². The van der Waals surface area contributed by atoms with Crippen LogP contribution in [0.3, 0.4) is 0 Å². The zero-order chi connectivity index (χ0) is 21.3. The van der Waals surface area contributed by atoms with Crippen molar-refractivity contribution in [2.45, 2.75) is 33.9 Å². The number of nitrogens with zero attached hydrogens (tertiary/aromatic N) is 3. The maximum absolute atomic E-state index is 13.2. The molecule has 0 atom stereocenters. The van der Waals surface area contributed by atoms with E-state index in [2.05, 4.69) is 5.32 Å². The van der Waals surface area contributed by atoms with Gasteiger partial charge in [0, 0.05) is 23.1 Å². The first-order valence-corrected chi connectivity index (χ1v) is 10.0. The van der Waals surface area contributed by atoms with Crippen molar-refractivity contribution in [3.8, 4) is 0 Å². The molecule has 0 bridgehead atoms. The number of hydrogen-bond acceptors (Lipinski definition) is 6. The molecule has 1 N–H and O–H groups in total. The fourth-order valence-corrected chi connectivity index (χ4v) is 4.15. The SMILES string of the molecule is CC(=O)Nc1ccc(C(=O)Cn2c(CN(C)C)nc3sc(C)c(C)c3c2=O)cc1. The Morgan fingerprint density at radius 3 is 2.41 bits per heavy atom. The summed E-state index contributed by atoms with van der Waals surface area (Å²) in [5.74, 6) is 0.203. The summed E-state index contributed by atoms with van der Waals surface area (Å²) >= 11 is 1.50. The smallest absolute Gasteiger partial charge is 0.263 e. The third-order valence-corrected chi connectivity index (χ3v) is 5.76. The van der Waals surface area contributed by atoms with Gasteiger partial charge in [0.15, 0.2) is 5.78 Å². The maximum atomic E-state index is 13.2. The Morgan fingerprint density at radius 1 is 1.17 bits per heavy atom. The van der Waals surface area contributed by atoms with Crippen molar-refractivity contribution >= 4 is 38.9 Å². The van der Waals surface area contributed by atoms with E-state index >= 15 is 0 Å². The molecule has 7 nitrogen and oxygen atoms in total. The highest BCUT2D eigenvalue weighted by molar-refractivity contribution is 7.18. The number of benzene rings is 1. The number of Topliss-reactive ketones (excluding diaryl/α,β-unsaturated/α-hetero) is 1. The second-order valence-corrected chi connectivity index (χ2v) is 8.51. The number of thiophene rings is 1. The first-order valence-electron chi connectivity index (χ1n) is 9.22. The summed E-state index contributed by atoms with van der Waals surface area (Å²) in [6.07, 6.45) is 0. The number of nitrogens with one attached hydrogen (secondary N) is 1. The van der Waals surface area contributed by atoms with Gasteiger partial charge in [0.05, 0.1) is 18.5 Å². The minimum atomic E-state index is -0.188. The van der Waals surface area contributed by atoms with Crippen LogP contribution in [0.15, 0.2) is 29.1 Å². The fourth-order valence-electron chi connectivity index (χ4n) is 3.11. The van der Waals surface area contributed by atoms with Crippen LogP contribution in [0.25, 0.3) is 10.2 Å². The van der Waals surface area contributed by atoms with Gasteiger partial charge in [-0.05, 0) is 57.8 Å². The standard InChI is InChI=1S/C21H24N4O3S/c1-12-13(2)29-20-19(12)21(28)25(18(23-20)11-24(4)5)10-17(27)15-6-8-16(9-7-15)22-14(3)26/h6-9H,10-11H2,1-5H3,(H,22,26). The molecule has 0 spiro atoms. The van der Waals surface area contributed by atoms with E-state index in [0.717, 1.165) is 10.4 Å². The quantitative estimate of drug-likeness (QED) is 0.629. The van der Waals surface area contributed by atoms with Crippen LogP contribution in [0.4, 0.5) is 5.69 Å². The highest BCUT2D eigenvalue weighted by Crippen LogP contribution is 2.26. The Morgan fingerprint density at radius 2 is 1.83 bits per heavy atom. The Balaban J connectivity index is 2.00. The average Bonchev–Trinajstić information content (AvgIpc) is 2.92. The molecule has 8 heteroatoms. The number of hydrogen-bond donors (Lipinski definition) is 1. The maximum Gasteiger partial charge on any atom is 0.263 e. The van der Waals surface area contributed by atoms with Crippen molar-refractivity contribution in [1.29, 1.82) is 0 Å². The fraction of sp³-hybridized carbons (Fsp3) is 0.333. The zero-order valence-electron chi connectivity index (χ0n) is 17.2. The van der Waals surface area contributed by atoms with Gasteiger partial charge in [-0.2, -0.15) is 0 Å². The Bertz CT molecular complexity index is 1140.